The Bertz CT molecular complexity index is 119. The zero-order valence-electron chi connectivity index (χ0n) is 5.95. The van der Waals surface area contributed by atoms with Gasteiger partial charge in [-0.15, -0.1) is 13.2 Å². The highest BCUT2D eigenvalue weighted by Crippen LogP contribution is 2.21. The largest absolute Gasteiger partial charge is 0.522 e. The first-order chi connectivity index (χ1) is 5.08. The van der Waals surface area contributed by atoms with E-state index >= 15 is 0 Å². The quantitative estimate of drug-likeness (QED) is 0.638. The predicted octanol–water partition coefficient (Wildman–Crippen LogP) is 1.27. The molecule has 0 aromatic carbocycles. The minimum Gasteiger partial charge on any atom is -0.314 e. The highest BCUT2D eigenvalue weighted by Gasteiger charge is 2.33. The third-order valence-corrected chi connectivity index (χ3v) is 1.55. The summed E-state index contributed by atoms with van der Waals surface area (Å²) in [6.45, 7) is 1.09. The first kappa shape index (κ1) is 8.80. The van der Waals surface area contributed by atoms with Crippen molar-refractivity contribution in [1.29, 1.82) is 0 Å². The fourth-order valence-electron chi connectivity index (χ4n) is 1.11. The van der Waals surface area contributed by atoms with Crippen LogP contribution in [0.1, 0.15) is 12.8 Å². The molecule has 11 heavy (non-hydrogen) atoms. The maximum Gasteiger partial charge on any atom is 0.522 e. The average Bonchev–Trinajstić information content (AvgIpc) is 1.85. The highest BCUT2D eigenvalue weighted by molar-refractivity contribution is 4.68. The molecule has 1 aliphatic heterocycles. The van der Waals surface area contributed by atoms with Gasteiger partial charge < -0.3 is 5.32 Å². The zero-order chi connectivity index (χ0) is 8.32. The van der Waals surface area contributed by atoms with E-state index in [1.54, 1.807) is 0 Å². The van der Waals surface area contributed by atoms with Crippen LogP contribution in [0.15, 0.2) is 0 Å². The number of hydrogen-bond donors (Lipinski definition) is 1. The summed E-state index contributed by atoms with van der Waals surface area (Å²) in [5, 5.41) is 2.83. The molecule has 0 bridgehead atoms. The number of alkyl halides is 3. The van der Waals surface area contributed by atoms with Crippen molar-refractivity contribution in [3.8, 4) is 0 Å². The van der Waals surface area contributed by atoms with Crippen LogP contribution in [0.25, 0.3) is 0 Å². The molecule has 0 amide bonds. The van der Waals surface area contributed by atoms with E-state index in [4.69, 9.17) is 0 Å². The van der Waals surface area contributed by atoms with Gasteiger partial charge in [0.05, 0.1) is 6.10 Å². The number of nitrogens with one attached hydrogen (secondary N) is 1. The first-order valence-corrected chi connectivity index (χ1v) is 3.53. The summed E-state index contributed by atoms with van der Waals surface area (Å²) in [6, 6.07) is 0. The van der Waals surface area contributed by atoms with E-state index < -0.39 is 12.5 Å². The normalized spacial score (nSPS) is 27.0. The van der Waals surface area contributed by atoms with Crippen molar-refractivity contribution in [3.05, 3.63) is 0 Å². The van der Waals surface area contributed by atoms with Crippen molar-refractivity contribution >= 4 is 0 Å². The Labute approximate surface area is 62.7 Å². The van der Waals surface area contributed by atoms with Crippen molar-refractivity contribution in [3.63, 3.8) is 0 Å². The Balaban J connectivity index is 2.24. The average molecular weight is 169 g/mol. The third-order valence-electron chi connectivity index (χ3n) is 1.55. The summed E-state index contributed by atoms with van der Waals surface area (Å²) in [4.78, 5) is 0. The molecule has 0 aromatic heterocycles. The van der Waals surface area contributed by atoms with Crippen molar-refractivity contribution in [2.75, 3.05) is 13.1 Å². The smallest absolute Gasteiger partial charge is 0.314 e. The van der Waals surface area contributed by atoms with Crippen LogP contribution in [0.2, 0.25) is 0 Å². The van der Waals surface area contributed by atoms with E-state index in [0.717, 1.165) is 13.0 Å². The van der Waals surface area contributed by atoms with Crippen LogP contribution in [-0.2, 0) is 4.74 Å². The van der Waals surface area contributed by atoms with Gasteiger partial charge >= 0.3 is 6.36 Å². The topological polar surface area (TPSA) is 21.3 Å². The van der Waals surface area contributed by atoms with E-state index in [1.807, 2.05) is 0 Å². The molecule has 1 N–H and O–H groups in total. The van der Waals surface area contributed by atoms with Crippen LogP contribution in [0.5, 0.6) is 0 Å². The van der Waals surface area contributed by atoms with Gasteiger partial charge in [-0.05, 0) is 19.4 Å². The van der Waals surface area contributed by atoms with Crippen LogP contribution < -0.4 is 5.32 Å². The molecule has 1 saturated heterocycles. The lowest BCUT2D eigenvalue weighted by Gasteiger charge is -2.23. The summed E-state index contributed by atoms with van der Waals surface area (Å²) in [5.74, 6) is 0. The Morgan fingerprint density at radius 3 is 2.55 bits per heavy atom. The number of ether oxygens (including phenoxy) is 1. The van der Waals surface area contributed by atoms with Crippen molar-refractivity contribution < 1.29 is 17.9 Å². The van der Waals surface area contributed by atoms with Crippen LogP contribution in [0.3, 0.4) is 0 Å². The van der Waals surface area contributed by atoms with Gasteiger partial charge in [0.15, 0.2) is 0 Å². The van der Waals surface area contributed by atoms with E-state index in [0.29, 0.717) is 13.0 Å². The molecule has 0 spiro atoms. The predicted molar refractivity (Wildman–Crippen MR) is 33.0 cm³/mol. The molecule has 0 unspecified atom stereocenters. The minimum absolute atomic E-state index is 0.305. The second-order valence-corrected chi connectivity index (χ2v) is 2.53. The lowest BCUT2D eigenvalue weighted by atomic mass is 10.1. The Hall–Kier alpha value is -0.290. The first-order valence-electron chi connectivity index (χ1n) is 3.53. The van der Waals surface area contributed by atoms with Crippen LogP contribution in [0, 0.1) is 0 Å². The van der Waals surface area contributed by atoms with E-state index in [1.165, 1.54) is 0 Å². The van der Waals surface area contributed by atoms with E-state index in [2.05, 4.69) is 10.1 Å². The molecule has 0 radical (unpaired) electrons. The van der Waals surface area contributed by atoms with Crippen LogP contribution >= 0.6 is 0 Å². The molecule has 5 heteroatoms. The van der Waals surface area contributed by atoms with E-state index in [-0.39, 0.29) is 0 Å². The zero-order valence-corrected chi connectivity index (χ0v) is 5.95. The maximum atomic E-state index is 11.6. The van der Waals surface area contributed by atoms with Gasteiger partial charge in [-0.2, -0.15) is 0 Å². The minimum atomic E-state index is -4.48. The number of hydrogen-bond acceptors (Lipinski definition) is 2. The lowest BCUT2D eigenvalue weighted by Crippen LogP contribution is -2.38. The fraction of sp³-hybridized carbons (Fsp3) is 1.00. The van der Waals surface area contributed by atoms with Crippen molar-refractivity contribution in [1.82, 2.24) is 5.32 Å². The molecule has 1 aliphatic rings. The molecule has 1 fully saturated rings. The van der Waals surface area contributed by atoms with Crippen LogP contribution in [0.4, 0.5) is 13.2 Å². The molecule has 2 nitrogen and oxygen atoms in total. The molecular formula is C6H10F3NO. The van der Waals surface area contributed by atoms with Crippen molar-refractivity contribution in [2.45, 2.75) is 25.3 Å². The van der Waals surface area contributed by atoms with Gasteiger partial charge in [0.2, 0.25) is 0 Å². The molecule has 0 saturated carbocycles. The molecule has 66 valence electrons. The molecule has 1 rings (SSSR count). The van der Waals surface area contributed by atoms with Gasteiger partial charge in [0.25, 0.3) is 0 Å². The van der Waals surface area contributed by atoms with Gasteiger partial charge in [-0.1, -0.05) is 0 Å². The second kappa shape index (κ2) is 3.40. The lowest BCUT2D eigenvalue weighted by molar-refractivity contribution is -0.343. The van der Waals surface area contributed by atoms with Gasteiger partial charge in [-0.3, -0.25) is 4.74 Å². The fourth-order valence-corrected chi connectivity index (χ4v) is 1.11. The highest BCUT2D eigenvalue weighted by atomic mass is 19.4. The summed E-state index contributed by atoms with van der Waals surface area (Å²) in [5.41, 5.74) is 0. The molecular weight excluding hydrogens is 159 g/mol. The standard InChI is InChI=1S/C6H10F3NO/c7-6(8,9)11-5-2-1-3-10-4-5/h5,10H,1-4H2/t5-/m1/s1. The van der Waals surface area contributed by atoms with E-state index in [9.17, 15) is 13.2 Å². The monoisotopic (exact) mass is 169 g/mol. The summed E-state index contributed by atoms with van der Waals surface area (Å²) >= 11 is 0. The Kier molecular flexibility index (Phi) is 2.72. The number of piperidine rings is 1. The SMILES string of the molecule is FC(F)(F)O[C@@H]1CCCNC1. The molecule has 1 atom stereocenters. The summed E-state index contributed by atoms with van der Waals surface area (Å²) in [7, 11) is 0. The summed E-state index contributed by atoms with van der Waals surface area (Å²) in [6.07, 6.45) is -3.93. The van der Waals surface area contributed by atoms with Gasteiger partial charge in [0, 0.05) is 6.54 Å². The Morgan fingerprint density at radius 1 is 1.36 bits per heavy atom. The molecule has 0 aliphatic carbocycles. The third kappa shape index (κ3) is 3.57. The van der Waals surface area contributed by atoms with Crippen molar-refractivity contribution in [2.24, 2.45) is 0 Å². The van der Waals surface area contributed by atoms with Crippen LogP contribution in [-0.4, -0.2) is 25.6 Å². The number of halogens is 3. The maximum absolute atomic E-state index is 11.6. The van der Waals surface area contributed by atoms with Gasteiger partial charge in [-0.25, -0.2) is 0 Å². The summed E-state index contributed by atoms with van der Waals surface area (Å²) < 4.78 is 38.6. The second-order valence-electron chi connectivity index (χ2n) is 2.53. The molecule has 0 aromatic rings. The van der Waals surface area contributed by atoms with Gasteiger partial charge in [0.1, 0.15) is 0 Å². The number of rotatable bonds is 1. The Morgan fingerprint density at radius 2 is 2.09 bits per heavy atom. The molecule has 1 heterocycles.